The average molecular weight is 295 g/mol. The number of aryl methyl sites for hydroxylation is 1. The lowest BCUT2D eigenvalue weighted by Gasteiger charge is -2.39. The number of nitrogens with zero attached hydrogens (tertiary/aromatic N) is 2. The first-order chi connectivity index (χ1) is 9.69. The molecule has 1 aromatic rings. The van der Waals surface area contributed by atoms with Crippen LogP contribution in [0.25, 0.3) is 0 Å². The van der Waals surface area contributed by atoms with E-state index in [0.717, 1.165) is 6.42 Å². The molecule has 0 bridgehead atoms. The fraction of sp³-hybridized carbons (Fsp3) is 0.750. The summed E-state index contributed by atoms with van der Waals surface area (Å²) in [7, 11) is 2.26. The monoisotopic (exact) mass is 295 g/mol. The number of piperidine rings is 1. The SMILES string of the molecule is CCc1ccc(C(CN)N(C)C2CCN(CC)CC2)s1. The van der Waals surface area contributed by atoms with Crippen molar-refractivity contribution in [1.82, 2.24) is 9.80 Å². The van der Waals surface area contributed by atoms with Gasteiger partial charge in [-0.3, -0.25) is 4.90 Å². The van der Waals surface area contributed by atoms with Gasteiger partial charge in [-0.25, -0.2) is 0 Å². The van der Waals surface area contributed by atoms with E-state index in [1.54, 1.807) is 0 Å². The minimum absolute atomic E-state index is 0.387. The molecule has 1 fully saturated rings. The first kappa shape index (κ1) is 16.0. The molecule has 1 aromatic heterocycles. The Bertz CT molecular complexity index is 396. The quantitative estimate of drug-likeness (QED) is 0.876. The maximum absolute atomic E-state index is 6.07. The van der Waals surface area contributed by atoms with E-state index < -0.39 is 0 Å². The van der Waals surface area contributed by atoms with Crippen LogP contribution in [0.2, 0.25) is 0 Å². The van der Waals surface area contributed by atoms with Gasteiger partial charge in [-0.05, 0) is 58.1 Å². The van der Waals surface area contributed by atoms with Gasteiger partial charge in [-0.1, -0.05) is 13.8 Å². The number of thiophene rings is 1. The molecule has 1 saturated heterocycles. The molecule has 0 aromatic carbocycles. The minimum Gasteiger partial charge on any atom is -0.329 e. The highest BCUT2D eigenvalue weighted by atomic mass is 32.1. The Hall–Kier alpha value is -0.420. The van der Waals surface area contributed by atoms with Gasteiger partial charge in [-0.2, -0.15) is 0 Å². The van der Waals surface area contributed by atoms with Crippen LogP contribution in [0.4, 0.5) is 0 Å². The molecule has 4 heteroatoms. The lowest BCUT2D eigenvalue weighted by Crippen LogP contribution is -2.45. The molecule has 0 amide bonds. The van der Waals surface area contributed by atoms with Crippen LogP contribution in [0, 0.1) is 0 Å². The maximum Gasteiger partial charge on any atom is 0.0564 e. The zero-order chi connectivity index (χ0) is 14.5. The van der Waals surface area contributed by atoms with E-state index in [1.165, 1.54) is 42.2 Å². The van der Waals surface area contributed by atoms with Crippen molar-refractivity contribution in [3.8, 4) is 0 Å². The van der Waals surface area contributed by atoms with Crippen molar-refractivity contribution in [1.29, 1.82) is 0 Å². The van der Waals surface area contributed by atoms with Gasteiger partial charge in [0.05, 0.1) is 6.04 Å². The van der Waals surface area contributed by atoms with Gasteiger partial charge in [0.25, 0.3) is 0 Å². The van der Waals surface area contributed by atoms with Crippen LogP contribution < -0.4 is 5.73 Å². The molecule has 20 heavy (non-hydrogen) atoms. The summed E-state index contributed by atoms with van der Waals surface area (Å²) in [6, 6.07) is 5.60. The van der Waals surface area contributed by atoms with Crippen molar-refractivity contribution in [3.05, 3.63) is 21.9 Å². The molecule has 114 valence electrons. The average Bonchev–Trinajstić information content (AvgIpc) is 2.96. The van der Waals surface area contributed by atoms with Crippen LogP contribution in [0.1, 0.15) is 42.5 Å². The zero-order valence-corrected chi connectivity index (χ0v) is 14.0. The third kappa shape index (κ3) is 3.61. The number of likely N-dealkylation sites (N-methyl/N-ethyl adjacent to an activating group) is 1. The molecule has 1 unspecified atom stereocenters. The van der Waals surface area contributed by atoms with E-state index in [9.17, 15) is 0 Å². The molecule has 0 radical (unpaired) electrons. The Morgan fingerprint density at radius 3 is 2.55 bits per heavy atom. The molecule has 2 N–H and O–H groups in total. The van der Waals surface area contributed by atoms with Gasteiger partial charge in [0.1, 0.15) is 0 Å². The lowest BCUT2D eigenvalue weighted by atomic mass is 10.0. The summed E-state index contributed by atoms with van der Waals surface area (Å²) in [5.41, 5.74) is 6.07. The summed E-state index contributed by atoms with van der Waals surface area (Å²) in [5.74, 6) is 0. The van der Waals surface area contributed by atoms with E-state index in [0.29, 0.717) is 18.6 Å². The Balaban J connectivity index is 2.00. The normalized spacial score (nSPS) is 19.6. The smallest absolute Gasteiger partial charge is 0.0564 e. The van der Waals surface area contributed by atoms with Crippen molar-refractivity contribution in [2.75, 3.05) is 33.2 Å². The Labute approximate surface area is 127 Å². The lowest BCUT2D eigenvalue weighted by molar-refractivity contribution is 0.102. The zero-order valence-electron chi connectivity index (χ0n) is 13.1. The van der Waals surface area contributed by atoms with Crippen molar-refractivity contribution in [2.24, 2.45) is 5.73 Å². The van der Waals surface area contributed by atoms with Crippen LogP contribution in [0.5, 0.6) is 0 Å². The molecule has 3 nitrogen and oxygen atoms in total. The number of hydrogen-bond donors (Lipinski definition) is 1. The number of likely N-dealkylation sites (tertiary alicyclic amines) is 1. The number of hydrogen-bond acceptors (Lipinski definition) is 4. The van der Waals surface area contributed by atoms with Crippen molar-refractivity contribution in [3.63, 3.8) is 0 Å². The number of rotatable bonds is 6. The predicted octanol–water partition coefficient (Wildman–Crippen LogP) is 2.73. The molecule has 2 heterocycles. The second kappa shape index (κ2) is 7.55. The van der Waals surface area contributed by atoms with Crippen molar-refractivity contribution >= 4 is 11.3 Å². The Kier molecular flexibility index (Phi) is 6.02. The fourth-order valence-electron chi connectivity index (χ4n) is 3.14. The van der Waals surface area contributed by atoms with Gasteiger partial charge < -0.3 is 10.6 Å². The van der Waals surface area contributed by atoms with Crippen LogP contribution in [0.15, 0.2) is 12.1 Å². The van der Waals surface area contributed by atoms with E-state index in [4.69, 9.17) is 5.73 Å². The van der Waals surface area contributed by atoms with E-state index in [1.807, 2.05) is 11.3 Å². The Morgan fingerprint density at radius 1 is 1.35 bits per heavy atom. The first-order valence-electron chi connectivity index (χ1n) is 7.92. The summed E-state index contributed by atoms with van der Waals surface area (Å²) < 4.78 is 0. The second-order valence-electron chi connectivity index (χ2n) is 5.74. The summed E-state index contributed by atoms with van der Waals surface area (Å²) in [5, 5.41) is 0. The van der Waals surface area contributed by atoms with E-state index >= 15 is 0 Å². The summed E-state index contributed by atoms with van der Waals surface area (Å²) in [4.78, 5) is 7.97. The van der Waals surface area contributed by atoms with E-state index in [-0.39, 0.29) is 0 Å². The standard InChI is InChI=1S/C16H29N3S/c1-4-14-6-7-16(20-14)15(12-17)18(3)13-8-10-19(5-2)11-9-13/h6-7,13,15H,4-5,8-12,17H2,1-3H3. The third-order valence-electron chi connectivity index (χ3n) is 4.65. The highest BCUT2D eigenvalue weighted by molar-refractivity contribution is 7.12. The molecule has 1 aliphatic rings. The molecular formula is C16H29N3S. The van der Waals surface area contributed by atoms with Crippen LogP contribution in [-0.2, 0) is 6.42 Å². The molecule has 0 spiro atoms. The van der Waals surface area contributed by atoms with Gasteiger partial charge in [0.2, 0.25) is 0 Å². The van der Waals surface area contributed by atoms with Crippen LogP contribution >= 0.6 is 11.3 Å². The third-order valence-corrected chi connectivity index (χ3v) is 5.99. The molecule has 0 saturated carbocycles. The van der Waals surface area contributed by atoms with Gasteiger partial charge >= 0.3 is 0 Å². The van der Waals surface area contributed by atoms with Gasteiger partial charge in [0.15, 0.2) is 0 Å². The van der Waals surface area contributed by atoms with Crippen molar-refractivity contribution < 1.29 is 0 Å². The second-order valence-corrected chi connectivity index (χ2v) is 6.94. The predicted molar refractivity (Wildman–Crippen MR) is 88.4 cm³/mol. The van der Waals surface area contributed by atoms with Crippen LogP contribution in [0.3, 0.4) is 0 Å². The maximum atomic E-state index is 6.07. The molecule has 1 atom stereocenters. The molecule has 1 aliphatic heterocycles. The molecule has 0 aliphatic carbocycles. The number of nitrogens with two attached hydrogens (primary N) is 1. The van der Waals surface area contributed by atoms with Crippen molar-refractivity contribution in [2.45, 2.75) is 45.2 Å². The Morgan fingerprint density at radius 2 is 2.05 bits per heavy atom. The highest BCUT2D eigenvalue weighted by Gasteiger charge is 2.27. The topological polar surface area (TPSA) is 32.5 Å². The molecule has 2 rings (SSSR count). The molecular weight excluding hydrogens is 266 g/mol. The largest absolute Gasteiger partial charge is 0.329 e. The van der Waals surface area contributed by atoms with E-state index in [2.05, 4.69) is 42.8 Å². The first-order valence-corrected chi connectivity index (χ1v) is 8.74. The van der Waals surface area contributed by atoms with Crippen LogP contribution in [-0.4, -0.2) is 49.1 Å². The minimum atomic E-state index is 0.387. The highest BCUT2D eigenvalue weighted by Crippen LogP contribution is 2.30. The summed E-state index contributed by atoms with van der Waals surface area (Å²) in [6.45, 7) is 8.83. The fourth-order valence-corrected chi connectivity index (χ4v) is 4.26. The van der Waals surface area contributed by atoms with Gasteiger partial charge in [0, 0.05) is 22.3 Å². The van der Waals surface area contributed by atoms with Gasteiger partial charge in [-0.15, -0.1) is 11.3 Å². The summed E-state index contributed by atoms with van der Waals surface area (Å²) in [6.07, 6.45) is 3.67. The summed E-state index contributed by atoms with van der Waals surface area (Å²) >= 11 is 1.93.